The SMILES string of the molecule is Cc1ccccc1[C@@H](C)NC(=O)C1CCCCCC1N. The summed E-state index contributed by atoms with van der Waals surface area (Å²) in [6.07, 6.45) is 5.36. The zero-order chi connectivity index (χ0) is 14.5. The normalized spacial score (nSPS) is 24.8. The summed E-state index contributed by atoms with van der Waals surface area (Å²) < 4.78 is 0. The maximum atomic E-state index is 12.5. The topological polar surface area (TPSA) is 55.1 Å². The summed E-state index contributed by atoms with van der Waals surface area (Å²) in [7, 11) is 0. The second-order valence-electron chi connectivity index (χ2n) is 6.00. The van der Waals surface area contributed by atoms with Crippen LogP contribution in [0.5, 0.6) is 0 Å². The van der Waals surface area contributed by atoms with Crippen LogP contribution in [0.4, 0.5) is 0 Å². The van der Waals surface area contributed by atoms with Crippen molar-refractivity contribution in [1.29, 1.82) is 0 Å². The lowest BCUT2D eigenvalue weighted by atomic mass is 9.93. The third-order valence-corrected chi connectivity index (χ3v) is 4.42. The van der Waals surface area contributed by atoms with Crippen LogP contribution in [-0.2, 0) is 4.79 Å². The van der Waals surface area contributed by atoms with Crippen LogP contribution in [0.3, 0.4) is 0 Å². The van der Waals surface area contributed by atoms with Crippen LogP contribution in [0.25, 0.3) is 0 Å². The van der Waals surface area contributed by atoms with E-state index in [0.717, 1.165) is 25.7 Å². The largest absolute Gasteiger partial charge is 0.349 e. The zero-order valence-electron chi connectivity index (χ0n) is 12.6. The molecule has 3 nitrogen and oxygen atoms in total. The Kier molecular flexibility index (Phi) is 5.18. The van der Waals surface area contributed by atoms with Gasteiger partial charge in [0.1, 0.15) is 0 Å². The molecule has 3 heteroatoms. The molecule has 3 N–H and O–H groups in total. The van der Waals surface area contributed by atoms with E-state index < -0.39 is 0 Å². The molecule has 1 aromatic carbocycles. The average Bonchev–Trinajstić information content (AvgIpc) is 2.63. The van der Waals surface area contributed by atoms with Crippen molar-refractivity contribution in [2.75, 3.05) is 0 Å². The van der Waals surface area contributed by atoms with Crippen LogP contribution in [0, 0.1) is 12.8 Å². The second kappa shape index (κ2) is 6.89. The van der Waals surface area contributed by atoms with Gasteiger partial charge in [0, 0.05) is 6.04 Å². The molecule has 0 heterocycles. The third kappa shape index (κ3) is 3.60. The van der Waals surface area contributed by atoms with Gasteiger partial charge in [-0.1, -0.05) is 43.5 Å². The first-order chi connectivity index (χ1) is 9.59. The van der Waals surface area contributed by atoms with Gasteiger partial charge in [-0.25, -0.2) is 0 Å². The highest BCUT2D eigenvalue weighted by Crippen LogP contribution is 2.24. The van der Waals surface area contributed by atoms with Gasteiger partial charge in [-0.3, -0.25) is 4.79 Å². The maximum Gasteiger partial charge on any atom is 0.225 e. The molecule has 1 saturated carbocycles. The van der Waals surface area contributed by atoms with Gasteiger partial charge < -0.3 is 11.1 Å². The average molecular weight is 274 g/mol. The maximum absolute atomic E-state index is 12.5. The van der Waals surface area contributed by atoms with Crippen molar-refractivity contribution in [1.82, 2.24) is 5.32 Å². The van der Waals surface area contributed by atoms with E-state index in [1.165, 1.54) is 17.5 Å². The minimum Gasteiger partial charge on any atom is -0.349 e. The number of aryl methyl sites for hydroxylation is 1. The molecular formula is C17H26N2O. The molecule has 0 saturated heterocycles. The van der Waals surface area contributed by atoms with Gasteiger partial charge in [0.2, 0.25) is 5.91 Å². The molecule has 20 heavy (non-hydrogen) atoms. The molecule has 1 aromatic rings. The summed E-state index contributed by atoms with van der Waals surface area (Å²) in [5, 5.41) is 3.15. The van der Waals surface area contributed by atoms with E-state index in [1.54, 1.807) is 0 Å². The minimum absolute atomic E-state index is 0.0153. The Balaban J connectivity index is 2.01. The van der Waals surface area contributed by atoms with Crippen LogP contribution in [0.15, 0.2) is 24.3 Å². The lowest BCUT2D eigenvalue weighted by Crippen LogP contribution is -2.42. The van der Waals surface area contributed by atoms with Gasteiger partial charge in [0.25, 0.3) is 0 Å². The molecule has 110 valence electrons. The molecule has 0 radical (unpaired) electrons. The van der Waals surface area contributed by atoms with Crippen LogP contribution >= 0.6 is 0 Å². The smallest absolute Gasteiger partial charge is 0.225 e. The van der Waals surface area contributed by atoms with Crippen LogP contribution in [-0.4, -0.2) is 11.9 Å². The van der Waals surface area contributed by atoms with Crippen molar-refractivity contribution >= 4 is 5.91 Å². The molecule has 0 aromatic heterocycles. The first-order valence-corrected chi connectivity index (χ1v) is 7.71. The summed E-state index contributed by atoms with van der Waals surface area (Å²) >= 11 is 0. The Labute approximate surface area is 121 Å². The molecule has 2 unspecified atom stereocenters. The lowest BCUT2D eigenvalue weighted by molar-refractivity contribution is -0.126. The second-order valence-corrected chi connectivity index (χ2v) is 6.00. The Morgan fingerprint density at radius 3 is 2.70 bits per heavy atom. The summed E-state index contributed by atoms with van der Waals surface area (Å²) in [6, 6.07) is 8.25. The van der Waals surface area contributed by atoms with Gasteiger partial charge in [0.15, 0.2) is 0 Å². The highest BCUT2D eigenvalue weighted by molar-refractivity contribution is 5.79. The van der Waals surface area contributed by atoms with Crippen molar-refractivity contribution in [3.8, 4) is 0 Å². The number of carbonyl (C=O) groups excluding carboxylic acids is 1. The molecule has 1 fully saturated rings. The molecule has 3 atom stereocenters. The highest BCUT2D eigenvalue weighted by Gasteiger charge is 2.28. The van der Waals surface area contributed by atoms with Crippen molar-refractivity contribution < 1.29 is 4.79 Å². The van der Waals surface area contributed by atoms with E-state index in [-0.39, 0.29) is 23.9 Å². The Morgan fingerprint density at radius 2 is 1.95 bits per heavy atom. The van der Waals surface area contributed by atoms with Crippen molar-refractivity contribution in [2.24, 2.45) is 11.7 Å². The summed E-state index contributed by atoms with van der Waals surface area (Å²) in [5.41, 5.74) is 8.56. The van der Waals surface area contributed by atoms with Crippen LogP contribution in [0.2, 0.25) is 0 Å². The van der Waals surface area contributed by atoms with E-state index in [0.29, 0.717) is 0 Å². The van der Waals surface area contributed by atoms with E-state index in [2.05, 4.69) is 24.4 Å². The molecule has 1 aliphatic rings. The predicted octanol–water partition coefficient (Wildman–Crippen LogP) is 3.08. The monoisotopic (exact) mass is 274 g/mol. The number of nitrogens with one attached hydrogen (secondary N) is 1. The molecule has 0 spiro atoms. The quantitative estimate of drug-likeness (QED) is 0.832. The number of hydrogen-bond donors (Lipinski definition) is 2. The number of rotatable bonds is 3. The number of carbonyl (C=O) groups is 1. The Morgan fingerprint density at radius 1 is 1.25 bits per heavy atom. The standard InChI is InChI=1S/C17H26N2O/c1-12-8-6-7-9-14(12)13(2)19-17(20)15-10-4-3-5-11-16(15)18/h6-9,13,15-16H,3-5,10-11,18H2,1-2H3,(H,19,20)/t13-,15?,16?/m1/s1. The first kappa shape index (κ1) is 15.0. The summed E-state index contributed by atoms with van der Waals surface area (Å²) in [5.74, 6) is 0.0964. The van der Waals surface area contributed by atoms with Gasteiger partial charge in [-0.2, -0.15) is 0 Å². The zero-order valence-corrected chi connectivity index (χ0v) is 12.6. The fraction of sp³-hybridized carbons (Fsp3) is 0.588. The Bertz CT molecular complexity index is 458. The first-order valence-electron chi connectivity index (χ1n) is 7.71. The van der Waals surface area contributed by atoms with Crippen LogP contribution < -0.4 is 11.1 Å². The molecule has 1 amide bonds. The number of nitrogens with two attached hydrogens (primary N) is 1. The van der Waals surface area contributed by atoms with Crippen molar-refractivity contribution in [3.63, 3.8) is 0 Å². The minimum atomic E-state index is -0.0241. The van der Waals surface area contributed by atoms with Crippen molar-refractivity contribution in [3.05, 3.63) is 35.4 Å². The molecule has 0 aliphatic heterocycles. The van der Waals surface area contributed by atoms with Gasteiger partial charge in [-0.15, -0.1) is 0 Å². The lowest BCUT2D eigenvalue weighted by Gasteiger charge is -2.24. The molecule has 0 bridgehead atoms. The number of amides is 1. The summed E-state index contributed by atoms with van der Waals surface area (Å²) in [6.45, 7) is 4.12. The van der Waals surface area contributed by atoms with E-state index >= 15 is 0 Å². The molecule has 1 aliphatic carbocycles. The van der Waals surface area contributed by atoms with Crippen LogP contribution in [0.1, 0.15) is 56.2 Å². The van der Waals surface area contributed by atoms with E-state index in [4.69, 9.17) is 5.73 Å². The summed E-state index contributed by atoms with van der Waals surface area (Å²) in [4.78, 5) is 12.5. The number of benzene rings is 1. The van der Waals surface area contributed by atoms with Crippen molar-refractivity contribution in [2.45, 2.75) is 58.0 Å². The van der Waals surface area contributed by atoms with E-state index in [1.807, 2.05) is 19.1 Å². The van der Waals surface area contributed by atoms with E-state index in [9.17, 15) is 4.79 Å². The number of hydrogen-bond acceptors (Lipinski definition) is 2. The molecule has 2 rings (SSSR count). The fourth-order valence-corrected chi connectivity index (χ4v) is 3.13. The predicted molar refractivity (Wildman–Crippen MR) is 82.3 cm³/mol. The Hall–Kier alpha value is -1.35. The third-order valence-electron chi connectivity index (χ3n) is 4.42. The fourth-order valence-electron chi connectivity index (χ4n) is 3.13. The van der Waals surface area contributed by atoms with Gasteiger partial charge in [-0.05, 0) is 37.8 Å². The molecular weight excluding hydrogens is 248 g/mol. The van der Waals surface area contributed by atoms with Gasteiger partial charge in [0.05, 0.1) is 12.0 Å². The van der Waals surface area contributed by atoms with Gasteiger partial charge >= 0.3 is 0 Å². The highest BCUT2D eigenvalue weighted by atomic mass is 16.2.